The fourth-order valence-electron chi connectivity index (χ4n) is 3.94. The van der Waals surface area contributed by atoms with Crippen molar-refractivity contribution in [3.8, 4) is 0 Å². The number of esters is 1. The number of ether oxygens (including phenoxy) is 1. The number of anilines is 1. The van der Waals surface area contributed by atoms with Gasteiger partial charge in [0.1, 0.15) is 11.6 Å². The van der Waals surface area contributed by atoms with E-state index in [4.69, 9.17) is 10.5 Å². The first-order chi connectivity index (χ1) is 14.8. The van der Waals surface area contributed by atoms with Gasteiger partial charge in [-0.1, -0.05) is 25.0 Å². The van der Waals surface area contributed by atoms with Gasteiger partial charge in [0.25, 0.3) is 5.91 Å². The Hall–Kier alpha value is -3.29. The SMILES string of the molecule is NC(=O)CCN(C(=O)COC(=O)C1(c2ccc(F)cc2)CCCC1)c1ccc(F)cc1. The molecule has 0 spiro atoms. The first-order valence-electron chi connectivity index (χ1n) is 10.1. The molecule has 164 valence electrons. The Morgan fingerprint density at radius 1 is 0.935 bits per heavy atom. The van der Waals surface area contributed by atoms with Gasteiger partial charge in [-0.25, -0.2) is 8.78 Å². The Morgan fingerprint density at radius 3 is 2.03 bits per heavy atom. The summed E-state index contributed by atoms with van der Waals surface area (Å²) >= 11 is 0. The summed E-state index contributed by atoms with van der Waals surface area (Å²) in [6.45, 7) is -0.571. The van der Waals surface area contributed by atoms with Gasteiger partial charge in [-0.2, -0.15) is 0 Å². The van der Waals surface area contributed by atoms with Crippen molar-refractivity contribution >= 4 is 23.5 Å². The lowest BCUT2D eigenvalue weighted by Crippen LogP contribution is -2.40. The molecule has 1 saturated carbocycles. The molecule has 31 heavy (non-hydrogen) atoms. The number of amides is 2. The zero-order valence-corrected chi connectivity index (χ0v) is 17.0. The highest BCUT2D eigenvalue weighted by Crippen LogP contribution is 2.42. The fraction of sp³-hybridized carbons (Fsp3) is 0.348. The smallest absolute Gasteiger partial charge is 0.317 e. The van der Waals surface area contributed by atoms with Gasteiger partial charge in [0.15, 0.2) is 6.61 Å². The minimum Gasteiger partial charge on any atom is -0.455 e. The molecule has 2 N–H and O–H groups in total. The molecule has 0 heterocycles. The topological polar surface area (TPSA) is 89.7 Å². The van der Waals surface area contributed by atoms with Crippen molar-refractivity contribution < 1.29 is 27.9 Å². The van der Waals surface area contributed by atoms with Gasteiger partial charge in [0.2, 0.25) is 5.91 Å². The zero-order valence-electron chi connectivity index (χ0n) is 17.0. The molecule has 0 aromatic heterocycles. The molecule has 2 aromatic carbocycles. The molecular formula is C23H24F2N2O4. The standard InChI is InChI=1S/C23H24F2N2O4/c24-17-5-3-16(4-6-17)23(12-1-2-13-23)22(30)31-15-21(29)27(14-11-20(26)28)19-9-7-18(25)8-10-19/h3-10H,1-2,11-15H2,(H2,26,28). The van der Waals surface area contributed by atoms with Crippen LogP contribution in [-0.4, -0.2) is 30.9 Å². The molecule has 2 aromatic rings. The summed E-state index contributed by atoms with van der Waals surface area (Å²) in [5.41, 5.74) is 5.30. The van der Waals surface area contributed by atoms with Crippen molar-refractivity contribution in [2.24, 2.45) is 5.73 Å². The third-order valence-corrected chi connectivity index (χ3v) is 5.59. The monoisotopic (exact) mass is 430 g/mol. The summed E-state index contributed by atoms with van der Waals surface area (Å²) in [6, 6.07) is 10.9. The van der Waals surface area contributed by atoms with Crippen LogP contribution in [0.1, 0.15) is 37.7 Å². The van der Waals surface area contributed by atoms with Crippen molar-refractivity contribution in [1.29, 1.82) is 0 Å². The van der Waals surface area contributed by atoms with E-state index >= 15 is 0 Å². The van der Waals surface area contributed by atoms with Crippen molar-refractivity contribution in [1.82, 2.24) is 0 Å². The van der Waals surface area contributed by atoms with Crippen LogP contribution < -0.4 is 10.6 Å². The molecule has 6 nitrogen and oxygen atoms in total. The molecule has 8 heteroatoms. The van der Waals surface area contributed by atoms with Crippen molar-refractivity contribution in [2.45, 2.75) is 37.5 Å². The molecule has 1 aliphatic rings. The van der Waals surface area contributed by atoms with Crippen molar-refractivity contribution in [2.75, 3.05) is 18.1 Å². The summed E-state index contributed by atoms with van der Waals surface area (Å²) in [7, 11) is 0. The third-order valence-electron chi connectivity index (χ3n) is 5.59. The van der Waals surface area contributed by atoms with Crippen LogP contribution in [0, 0.1) is 11.6 Å². The quantitative estimate of drug-likeness (QED) is 0.651. The number of nitrogens with two attached hydrogens (primary N) is 1. The van der Waals surface area contributed by atoms with Crippen molar-refractivity contribution in [3.63, 3.8) is 0 Å². The Bertz CT molecular complexity index is 939. The number of carbonyl (C=O) groups excluding carboxylic acids is 3. The van der Waals surface area contributed by atoms with Crippen LogP contribution in [0.4, 0.5) is 14.5 Å². The van der Waals surface area contributed by atoms with E-state index in [0.717, 1.165) is 12.8 Å². The van der Waals surface area contributed by atoms with E-state index in [1.807, 2.05) is 0 Å². The van der Waals surface area contributed by atoms with Crippen LogP contribution in [0.2, 0.25) is 0 Å². The second kappa shape index (κ2) is 9.68. The maximum absolute atomic E-state index is 13.3. The Labute approximate surface area is 179 Å². The van der Waals surface area contributed by atoms with Gasteiger partial charge in [0.05, 0.1) is 5.41 Å². The fourth-order valence-corrected chi connectivity index (χ4v) is 3.94. The number of hydrogen-bond acceptors (Lipinski definition) is 4. The lowest BCUT2D eigenvalue weighted by atomic mass is 9.79. The minimum absolute atomic E-state index is 0.0273. The Morgan fingerprint density at radius 2 is 1.48 bits per heavy atom. The van der Waals surface area contributed by atoms with Gasteiger partial charge in [0, 0.05) is 18.7 Å². The summed E-state index contributed by atoms with van der Waals surface area (Å²) in [5.74, 6) is -2.57. The number of hydrogen-bond donors (Lipinski definition) is 1. The summed E-state index contributed by atoms with van der Waals surface area (Å²) in [5, 5.41) is 0. The Balaban J connectivity index is 1.73. The van der Waals surface area contributed by atoms with E-state index in [-0.39, 0.29) is 13.0 Å². The molecule has 1 aliphatic carbocycles. The molecule has 1 fully saturated rings. The van der Waals surface area contributed by atoms with Crippen LogP contribution in [0.3, 0.4) is 0 Å². The van der Waals surface area contributed by atoms with E-state index in [1.54, 1.807) is 12.1 Å². The average molecular weight is 430 g/mol. The number of carbonyl (C=O) groups is 3. The molecule has 0 saturated heterocycles. The van der Waals surface area contributed by atoms with Crippen molar-refractivity contribution in [3.05, 3.63) is 65.7 Å². The average Bonchev–Trinajstić information content (AvgIpc) is 3.25. The van der Waals surface area contributed by atoms with Crippen LogP contribution in [0.25, 0.3) is 0 Å². The molecule has 0 unspecified atom stereocenters. The van der Waals surface area contributed by atoms with E-state index in [2.05, 4.69) is 0 Å². The minimum atomic E-state index is -0.915. The first kappa shape index (κ1) is 22.4. The van der Waals surface area contributed by atoms with Crippen LogP contribution >= 0.6 is 0 Å². The second-order valence-corrected chi connectivity index (χ2v) is 7.61. The lowest BCUT2D eigenvalue weighted by molar-refractivity contribution is -0.153. The number of rotatable bonds is 8. The van der Waals surface area contributed by atoms with Gasteiger partial charge in [-0.05, 0) is 54.8 Å². The molecule has 0 atom stereocenters. The molecule has 0 bridgehead atoms. The predicted octanol–water partition coefficient (Wildman–Crippen LogP) is 3.23. The largest absolute Gasteiger partial charge is 0.455 e. The maximum Gasteiger partial charge on any atom is 0.317 e. The highest BCUT2D eigenvalue weighted by molar-refractivity contribution is 5.96. The third kappa shape index (κ3) is 5.25. The number of nitrogens with zero attached hydrogens (tertiary/aromatic N) is 1. The van der Waals surface area contributed by atoms with E-state index < -0.39 is 41.4 Å². The number of benzene rings is 2. The summed E-state index contributed by atoms with van der Waals surface area (Å²) < 4.78 is 32.0. The Kier molecular flexibility index (Phi) is 6.99. The molecule has 0 aliphatic heterocycles. The zero-order chi connectivity index (χ0) is 22.4. The van der Waals surface area contributed by atoms with E-state index in [9.17, 15) is 23.2 Å². The highest BCUT2D eigenvalue weighted by atomic mass is 19.1. The molecule has 0 radical (unpaired) electrons. The molecular weight excluding hydrogens is 406 g/mol. The second-order valence-electron chi connectivity index (χ2n) is 7.61. The summed E-state index contributed by atoms with van der Waals surface area (Å²) in [4.78, 5) is 38.2. The van der Waals surface area contributed by atoms with Gasteiger partial charge >= 0.3 is 5.97 Å². The molecule has 3 rings (SSSR count). The predicted molar refractivity (Wildman–Crippen MR) is 110 cm³/mol. The maximum atomic E-state index is 13.3. The lowest BCUT2D eigenvalue weighted by Gasteiger charge is -2.28. The summed E-state index contributed by atoms with van der Waals surface area (Å²) in [6.07, 6.45) is 2.64. The van der Waals surface area contributed by atoms with Crippen LogP contribution in [0.5, 0.6) is 0 Å². The number of halogens is 2. The van der Waals surface area contributed by atoms with Gasteiger partial charge < -0.3 is 15.4 Å². The first-order valence-corrected chi connectivity index (χ1v) is 10.1. The molecule has 2 amide bonds. The van der Waals surface area contributed by atoms with Crippen LogP contribution in [-0.2, 0) is 24.5 Å². The van der Waals surface area contributed by atoms with Gasteiger partial charge in [-0.3, -0.25) is 14.4 Å². The van der Waals surface area contributed by atoms with E-state index in [0.29, 0.717) is 24.1 Å². The van der Waals surface area contributed by atoms with Crippen LogP contribution in [0.15, 0.2) is 48.5 Å². The van der Waals surface area contributed by atoms with E-state index in [1.165, 1.54) is 41.3 Å². The van der Waals surface area contributed by atoms with Gasteiger partial charge in [-0.15, -0.1) is 0 Å². The normalized spacial score (nSPS) is 14.8. The number of primary amides is 1. The highest BCUT2D eigenvalue weighted by Gasteiger charge is 2.44.